The number of nitrogens with zero attached hydrogens (tertiary/aromatic N) is 4. The summed E-state index contributed by atoms with van der Waals surface area (Å²) in [6.07, 6.45) is 6.13. The van der Waals surface area contributed by atoms with Crippen molar-refractivity contribution in [1.82, 2.24) is 19.9 Å². The van der Waals surface area contributed by atoms with Gasteiger partial charge in [-0.3, -0.25) is 9.54 Å². The summed E-state index contributed by atoms with van der Waals surface area (Å²) in [5.74, 6) is 0. The first-order valence-electron chi connectivity index (χ1n) is 31.8. The van der Waals surface area contributed by atoms with Crippen molar-refractivity contribution in [2.45, 2.75) is 46.6 Å². The minimum absolute atomic E-state index is 0. The van der Waals surface area contributed by atoms with Crippen molar-refractivity contribution >= 4 is 10.1 Å². The predicted octanol–water partition coefficient (Wildman–Crippen LogP) is 15.2. The Morgan fingerprint density at radius 3 is 1.16 bits per heavy atom. The Balaban J connectivity index is 0.000000419. The fraction of sp³-hybridized carbons (Fsp3) is 0.138. The van der Waals surface area contributed by atoms with Gasteiger partial charge in [0.2, 0.25) is 0 Å². The maximum absolute atomic E-state index is 10.7. The monoisotopic (exact) mass is 1470 g/mol. The minimum atomic E-state index is -5.84. The second-order valence-electron chi connectivity index (χ2n) is 15.4. The molecule has 4 heterocycles. The molecule has 6 aromatic carbocycles. The summed E-state index contributed by atoms with van der Waals surface area (Å²) in [5, 5.41) is 14.0. The van der Waals surface area contributed by atoms with Gasteiger partial charge >= 0.3 is 15.6 Å². The molecule has 0 spiro atoms. The van der Waals surface area contributed by atoms with Crippen molar-refractivity contribution in [3.8, 4) is 67.3 Å². The van der Waals surface area contributed by atoms with Crippen LogP contribution in [0.3, 0.4) is 0 Å². The molecule has 0 unspecified atom stereocenters. The van der Waals surface area contributed by atoms with Gasteiger partial charge in [0.1, 0.15) is 0 Å². The molecule has 0 saturated heterocycles. The number of hydrogen-bond acceptors (Lipinski definition) is 8. The Morgan fingerprint density at radius 1 is 0.412 bits per heavy atom. The first kappa shape index (κ1) is 44.6. The van der Waals surface area contributed by atoms with Crippen LogP contribution in [0.4, 0.5) is 13.2 Å². The first-order valence-corrected chi connectivity index (χ1v) is 24.2. The van der Waals surface area contributed by atoms with Gasteiger partial charge in [-0.25, -0.2) is 0 Å². The van der Waals surface area contributed by atoms with E-state index in [9.17, 15) is 13.2 Å². The van der Waals surface area contributed by atoms with Gasteiger partial charge in [0.05, 0.1) is 5.69 Å². The quantitative estimate of drug-likeness (QED) is 0.0841. The van der Waals surface area contributed by atoms with Crippen LogP contribution in [-0.2, 0) is 50.3 Å². The van der Waals surface area contributed by atoms with Crippen molar-refractivity contribution in [2.75, 3.05) is 14.2 Å². The number of rotatable bonds is 6. The number of aryl methyl sites for hydroxylation is 6. The molecule has 10 aromatic rings. The third-order valence-corrected chi connectivity index (χ3v) is 10.6. The van der Waals surface area contributed by atoms with E-state index in [4.69, 9.17) is 47.9 Å². The van der Waals surface area contributed by atoms with Gasteiger partial charge in [0, 0.05) is 109 Å². The summed E-state index contributed by atoms with van der Waals surface area (Å²) in [6, 6.07) is 63.5. The van der Waals surface area contributed by atoms with Crippen LogP contribution in [0, 0.1) is 59.3 Å². The number of halogens is 3. The van der Waals surface area contributed by atoms with Gasteiger partial charge in [-0.2, -0.15) is 21.6 Å². The number of alkyl halides is 3. The maximum Gasteiger partial charge on any atom is 0.522 e. The zero-order chi connectivity index (χ0) is 72.1. The van der Waals surface area contributed by atoms with E-state index < -0.39 is 56.7 Å². The van der Waals surface area contributed by atoms with E-state index in [0.717, 1.165) is 59.0 Å². The van der Waals surface area contributed by atoms with Crippen LogP contribution >= 0.6 is 0 Å². The third-order valence-electron chi connectivity index (χ3n) is 10.0. The molecule has 0 bridgehead atoms. The Bertz CT molecular complexity index is 3750. The van der Waals surface area contributed by atoms with Crippen LogP contribution in [0.15, 0.2) is 213 Å². The Hall–Kier alpha value is -7.16. The predicted molar refractivity (Wildman–Crippen MR) is 308 cm³/mol. The second-order valence-corrected chi connectivity index (χ2v) is 16.8. The molecule has 0 saturated carbocycles. The van der Waals surface area contributed by atoms with E-state index in [1.807, 2.05) is 103 Å². The van der Waals surface area contributed by atoms with Gasteiger partial charge in [0.25, 0.3) is 0 Å². The summed E-state index contributed by atoms with van der Waals surface area (Å²) in [7, 11) is -3.84. The molecule has 0 fully saturated rings. The molecule has 10 rings (SSSR count). The fourth-order valence-electron chi connectivity index (χ4n) is 6.29. The van der Waals surface area contributed by atoms with Crippen LogP contribution in [-0.4, -0.2) is 62.8 Å². The Kier molecular flexibility index (Phi) is 19.8. The van der Waals surface area contributed by atoms with E-state index in [-0.39, 0.29) is 62.5 Å². The molecule has 0 amide bonds. The summed E-state index contributed by atoms with van der Waals surface area (Å²) in [6.45, 7) is -12.8. The van der Waals surface area contributed by atoms with E-state index in [1.165, 1.54) is 48.8 Å². The van der Waals surface area contributed by atoms with Gasteiger partial charge in [-0.05, 0) is 96.1 Å². The molecule has 80 heavy (non-hydrogen) atoms. The largest absolute Gasteiger partial charge is 0.522 e. The molecule has 3 N–H and O–H groups in total. The molecule has 420 valence electrons. The van der Waals surface area contributed by atoms with Crippen molar-refractivity contribution in [2.24, 2.45) is 0 Å². The zero-order valence-corrected chi connectivity index (χ0v) is 48.0. The van der Waals surface area contributed by atoms with Crippen LogP contribution < -0.4 is 0 Å². The molecule has 0 aliphatic rings. The molecule has 0 atom stereocenters. The average molecular weight is 1470 g/mol. The van der Waals surface area contributed by atoms with Gasteiger partial charge < -0.3 is 25.2 Å². The van der Waals surface area contributed by atoms with E-state index in [0.29, 0.717) is 33.6 Å². The van der Waals surface area contributed by atoms with Crippen molar-refractivity contribution < 1.29 is 101 Å². The third kappa shape index (κ3) is 23.3. The SMILES string of the molecule is CO.CO.O=S(=O)(O)C(F)(F)F.[2H]C([2H])([2H])c1c[c-]c(-c2ccc(C([2H])([2H])[2H])cn2)cc1.[2H]C([2H])([2H])c1c[c-]c(-c2ccc(C([2H])([2H])[2H])cn2)cc1.[2H]C([2H])([2H])c1ccc(-c2ccnc(-c3[c-]cccc3)c2)cc1.[2H]C([2H])([2H])c1ccc(-c2ccnc(-c3ccccc3)c2)cc1.[Ir].[Ir]. The molecular weight excluding hydrogens is 1390 g/mol. The number of aliphatic hydroxyl groups excluding tert-OH is 2. The molecule has 15 heteroatoms. The average Bonchev–Trinajstić information content (AvgIpc) is 0.837. The van der Waals surface area contributed by atoms with Gasteiger partial charge in [-0.15, -0.1) is 107 Å². The molecule has 9 nitrogen and oxygen atoms in total. The van der Waals surface area contributed by atoms with Crippen LogP contribution in [0.5, 0.6) is 0 Å². The standard InChI is InChI=1S/C18H15N.C18H14N.2C13H12N.CHF3O3S.2CH4O.2Ir/c2*1-14-7-9-15(10-8-14)17-11-12-19-18(13-17)16-5-3-2-4-6-16;2*1-10-3-6-12(7-4-10)13-8-5-11(2)9-14-13;2-1(3,4)8(5,6)7;2*1-2;;/h2-13H,1H3;2-5,7-13H,1H3;2*3-6,8-9H,1-2H3;(H,5,6,7);2*2H,1H3;;/q;3*-1;;;;;/i2*1D3;2*1D3,2D3;;;;;. The Labute approximate surface area is 521 Å². The molecular formula is C65H62F3Ir2N4O5S-3. The minimum Gasteiger partial charge on any atom is -0.400 e. The number of hydrogen-bond donors (Lipinski definition) is 3. The van der Waals surface area contributed by atoms with Crippen LogP contribution in [0.2, 0.25) is 0 Å². The Morgan fingerprint density at radius 2 is 0.800 bits per heavy atom. The fourth-order valence-corrected chi connectivity index (χ4v) is 6.29. The number of benzene rings is 6. The second kappa shape index (κ2) is 35.5. The zero-order valence-electron chi connectivity index (χ0n) is 60.4. The normalized spacial score (nSPS) is 14.3. The maximum atomic E-state index is 10.7. The molecule has 4 aromatic heterocycles. The molecule has 0 aliphatic heterocycles. The number of aliphatic hydroxyl groups is 2. The van der Waals surface area contributed by atoms with E-state index in [2.05, 4.69) is 38.1 Å². The van der Waals surface area contributed by atoms with Crippen LogP contribution in [0.1, 0.15) is 58.1 Å². The molecule has 2 radical (unpaired) electrons. The molecule has 0 aliphatic carbocycles. The van der Waals surface area contributed by atoms with Crippen molar-refractivity contribution in [1.29, 1.82) is 0 Å². The van der Waals surface area contributed by atoms with E-state index in [1.54, 1.807) is 60.9 Å². The summed E-state index contributed by atoms with van der Waals surface area (Å²) >= 11 is 0. The topological polar surface area (TPSA) is 146 Å². The summed E-state index contributed by atoms with van der Waals surface area (Å²) in [5.41, 5.74) is 5.97. The summed E-state index contributed by atoms with van der Waals surface area (Å²) in [4.78, 5) is 16.9. The van der Waals surface area contributed by atoms with Crippen molar-refractivity contribution in [3.05, 3.63) is 264 Å². The number of aromatic nitrogens is 4. The van der Waals surface area contributed by atoms with Gasteiger partial charge in [0.15, 0.2) is 0 Å². The first-order chi connectivity index (χ1) is 44.7. The van der Waals surface area contributed by atoms with Crippen molar-refractivity contribution in [3.63, 3.8) is 0 Å². The van der Waals surface area contributed by atoms with Crippen LogP contribution in [0.25, 0.3) is 67.3 Å². The number of pyridine rings is 4. The smallest absolute Gasteiger partial charge is 0.400 e. The van der Waals surface area contributed by atoms with E-state index >= 15 is 0 Å². The summed E-state index contributed by atoms with van der Waals surface area (Å²) < 4.78 is 189. The van der Waals surface area contributed by atoms with Gasteiger partial charge in [-0.1, -0.05) is 134 Å².